The Kier molecular flexibility index (Phi) is 5.83. The quantitative estimate of drug-likeness (QED) is 0.634. The first kappa shape index (κ1) is 16.5. The normalized spacial score (nSPS) is 18.7. The molecule has 1 N–H and O–H groups in total. The van der Waals surface area contributed by atoms with Crippen molar-refractivity contribution < 1.29 is 14.3 Å². The highest BCUT2D eigenvalue weighted by molar-refractivity contribution is 8.01. The molecular weight excluding hydrogens is 310 g/mol. The van der Waals surface area contributed by atoms with Gasteiger partial charge < -0.3 is 14.8 Å². The lowest BCUT2D eigenvalue weighted by Crippen LogP contribution is -2.24. The van der Waals surface area contributed by atoms with Crippen molar-refractivity contribution >= 4 is 34.2 Å². The van der Waals surface area contributed by atoms with Crippen LogP contribution in [0.3, 0.4) is 0 Å². The molecule has 2 rings (SSSR count). The summed E-state index contributed by atoms with van der Waals surface area (Å²) in [4.78, 5) is 11.6. The minimum absolute atomic E-state index is 0.239. The number of nitrogens with one attached hydrogen (secondary N) is 1. The molecule has 1 unspecified atom stereocenters. The van der Waals surface area contributed by atoms with Gasteiger partial charge in [0.1, 0.15) is 5.60 Å². The molecule has 1 aliphatic heterocycles. The predicted molar refractivity (Wildman–Crippen MR) is 83.9 cm³/mol. The number of aromatic nitrogens is 2. The Morgan fingerprint density at radius 3 is 3.00 bits per heavy atom. The SMILES string of the molecule is CC(C)(C)OC(=O)CSc1nnc(NCC2CCCO2)s1. The van der Waals surface area contributed by atoms with Crippen molar-refractivity contribution in [2.75, 3.05) is 24.2 Å². The van der Waals surface area contributed by atoms with Gasteiger partial charge in [-0.1, -0.05) is 23.1 Å². The molecule has 1 atom stereocenters. The second kappa shape index (κ2) is 7.42. The maximum Gasteiger partial charge on any atom is 0.316 e. The van der Waals surface area contributed by atoms with Crippen molar-refractivity contribution in [2.45, 2.75) is 49.7 Å². The van der Waals surface area contributed by atoms with Crippen LogP contribution in [0.4, 0.5) is 5.13 Å². The van der Waals surface area contributed by atoms with E-state index in [1.807, 2.05) is 20.8 Å². The first-order valence-electron chi connectivity index (χ1n) is 6.96. The number of nitrogens with zero attached hydrogens (tertiary/aromatic N) is 2. The second-order valence-corrected chi connectivity index (χ2v) is 7.96. The van der Waals surface area contributed by atoms with E-state index in [4.69, 9.17) is 9.47 Å². The third-order valence-corrected chi connectivity index (χ3v) is 4.63. The monoisotopic (exact) mass is 331 g/mol. The molecule has 0 aliphatic carbocycles. The van der Waals surface area contributed by atoms with Gasteiger partial charge in [-0.25, -0.2) is 0 Å². The Morgan fingerprint density at radius 2 is 2.33 bits per heavy atom. The Morgan fingerprint density at radius 1 is 1.52 bits per heavy atom. The highest BCUT2D eigenvalue weighted by Gasteiger charge is 2.18. The third kappa shape index (κ3) is 6.19. The van der Waals surface area contributed by atoms with E-state index in [1.54, 1.807) is 0 Å². The van der Waals surface area contributed by atoms with E-state index in [0.717, 1.165) is 35.5 Å². The van der Waals surface area contributed by atoms with Gasteiger partial charge in [-0.05, 0) is 33.6 Å². The molecule has 0 aromatic carbocycles. The summed E-state index contributed by atoms with van der Waals surface area (Å²) >= 11 is 2.79. The van der Waals surface area contributed by atoms with Crippen LogP contribution in [0.2, 0.25) is 0 Å². The van der Waals surface area contributed by atoms with E-state index in [0.29, 0.717) is 0 Å². The number of carbonyl (C=O) groups is 1. The Hall–Kier alpha value is -0.860. The van der Waals surface area contributed by atoms with E-state index in [-0.39, 0.29) is 17.8 Å². The molecule has 0 radical (unpaired) electrons. The highest BCUT2D eigenvalue weighted by atomic mass is 32.2. The summed E-state index contributed by atoms with van der Waals surface area (Å²) in [7, 11) is 0. The molecule has 8 heteroatoms. The zero-order valence-corrected chi connectivity index (χ0v) is 14.2. The summed E-state index contributed by atoms with van der Waals surface area (Å²) in [5.74, 6) is 0.00837. The minimum Gasteiger partial charge on any atom is -0.459 e. The number of esters is 1. The van der Waals surface area contributed by atoms with Gasteiger partial charge in [0.25, 0.3) is 0 Å². The first-order chi connectivity index (χ1) is 9.92. The van der Waals surface area contributed by atoms with Crippen LogP contribution in [-0.4, -0.2) is 46.8 Å². The van der Waals surface area contributed by atoms with Crippen molar-refractivity contribution in [3.8, 4) is 0 Å². The molecule has 1 aromatic heterocycles. The molecule has 6 nitrogen and oxygen atoms in total. The molecule has 21 heavy (non-hydrogen) atoms. The van der Waals surface area contributed by atoms with Crippen LogP contribution < -0.4 is 5.32 Å². The van der Waals surface area contributed by atoms with Gasteiger partial charge in [0, 0.05) is 13.2 Å². The van der Waals surface area contributed by atoms with Gasteiger partial charge in [0.2, 0.25) is 5.13 Å². The average Bonchev–Trinajstić information content (AvgIpc) is 3.03. The molecule has 0 saturated carbocycles. The Bertz CT molecular complexity index is 467. The summed E-state index contributed by atoms with van der Waals surface area (Å²) < 4.78 is 11.5. The number of carbonyl (C=O) groups excluding carboxylic acids is 1. The number of ether oxygens (including phenoxy) is 2. The number of hydrogen-bond acceptors (Lipinski definition) is 8. The van der Waals surface area contributed by atoms with Gasteiger partial charge >= 0.3 is 5.97 Å². The Balaban J connectivity index is 1.71. The third-order valence-electron chi connectivity index (χ3n) is 2.64. The topological polar surface area (TPSA) is 73.3 Å². The van der Waals surface area contributed by atoms with Crippen molar-refractivity contribution in [3.05, 3.63) is 0 Å². The van der Waals surface area contributed by atoms with Gasteiger partial charge in [-0.15, -0.1) is 10.2 Å². The van der Waals surface area contributed by atoms with Crippen LogP contribution in [0.1, 0.15) is 33.6 Å². The molecule has 2 heterocycles. The standard InChI is InChI=1S/C13H21N3O3S2/c1-13(2,3)19-10(17)8-20-12-16-15-11(21-12)14-7-9-5-4-6-18-9/h9H,4-8H2,1-3H3,(H,14,15). The van der Waals surface area contributed by atoms with Crippen molar-refractivity contribution in [3.63, 3.8) is 0 Å². The molecule has 118 valence electrons. The molecule has 0 spiro atoms. The zero-order valence-electron chi connectivity index (χ0n) is 12.5. The summed E-state index contributed by atoms with van der Waals surface area (Å²) in [6.07, 6.45) is 2.48. The van der Waals surface area contributed by atoms with Crippen LogP contribution >= 0.6 is 23.1 Å². The summed E-state index contributed by atoms with van der Waals surface area (Å²) in [6.45, 7) is 7.17. The van der Waals surface area contributed by atoms with Crippen molar-refractivity contribution in [2.24, 2.45) is 0 Å². The number of thioether (sulfide) groups is 1. The fourth-order valence-corrected chi connectivity index (χ4v) is 3.37. The van der Waals surface area contributed by atoms with E-state index in [9.17, 15) is 4.79 Å². The van der Waals surface area contributed by atoms with Gasteiger partial charge in [0.05, 0.1) is 11.9 Å². The number of anilines is 1. The fourth-order valence-electron chi connectivity index (χ4n) is 1.84. The zero-order chi connectivity index (χ0) is 15.3. The molecule has 0 bridgehead atoms. The van der Waals surface area contributed by atoms with E-state index < -0.39 is 5.60 Å². The van der Waals surface area contributed by atoms with Crippen LogP contribution in [0.15, 0.2) is 4.34 Å². The van der Waals surface area contributed by atoms with Crippen molar-refractivity contribution in [1.82, 2.24) is 10.2 Å². The van der Waals surface area contributed by atoms with Gasteiger partial charge in [-0.3, -0.25) is 4.79 Å². The van der Waals surface area contributed by atoms with Crippen molar-refractivity contribution in [1.29, 1.82) is 0 Å². The van der Waals surface area contributed by atoms with Crippen LogP contribution in [0.25, 0.3) is 0 Å². The first-order valence-corrected chi connectivity index (χ1v) is 8.76. The summed E-state index contributed by atoms with van der Waals surface area (Å²) in [5, 5.41) is 12.1. The number of hydrogen-bond donors (Lipinski definition) is 1. The summed E-state index contributed by atoms with van der Waals surface area (Å²) in [6, 6.07) is 0. The lowest BCUT2D eigenvalue weighted by Gasteiger charge is -2.18. The second-order valence-electron chi connectivity index (χ2n) is 5.76. The molecule has 1 saturated heterocycles. The molecule has 1 aliphatic rings. The molecule has 0 amide bonds. The summed E-state index contributed by atoms with van der Waals surface area (Å²) in [5.41, 5.74) is -0.452. The number of rotatable bonds is 6. The lowest BCUT2D eigenvalue weighted by molar-refractivity contribution is -0.151. The maximum atomic E-state index is 11.6. The molecule has 1 fully saturated rings. The maximum absolute atomic E-state index is 11.6. The Labute approximate surface area is 133 Å². The van der Waals surface area contributed by atoms with Crippen LogP contribution in [-0.2, 0) is 14.3 Å². The highest BCUT2D eigenvalue weighted by Crippen LogP contribution is 2.26. The van der Waals surface area contributed by atoms with E-state index in [1.165, 1.54) is 23.1 Å². The smallest absolute Gasteiger partial charge is 0.316 e. The largest absolute Gasteiger partial charge is 0.459 e. The fraction of sp³-hybridized carbons (Fsp3) is 0.769. The van der Waals surface area contributed by atoms with E-state index in [2.05, 4.69) is 15.5 Å². The van der Waals surface area contributed by atoms with Gasteiger partial charge in [0.15, 0.2) is 4.34 Å². The average molecular weight is 331 g/mol. The van der Waals surface area contributed by atoms with Gasteiger partial charge in [-0.2, -0.15) is 0 Å². The molecular formula is C13H21N3O3S2. The molecule has 1 aromatic rings. The van der Waals surface area contributed by atoms with E-state index >= 15 is 0 Å². The lowest BCUT2D eigenvalue weighted by atomic mass is 10.2. The predicted octanol–water partition coefficient (Wildman–Crippen LogP) is 2.56. The van der Waals surface area contributed by atoms with Crippen LogP contribution in [0, 0.1) is 0 Å². The van der Waals surface area contributed by atoms with Crippen LogP contribution in [0.5, 0.6) is 0 Å². The minimum atomic E-state index is -0.452.